The van der Waals surface area contributed by atoms with Crippen molar-refractivity contribution in [3.63, 3.8) is 0 Å². The monoisotopic (exact) mass is 291 g/mol. The van der Waals surface area contributed by atoms with E-state index < -0.39 is 4.92 Å². The van der Waals surface area contributed by atoms with Crippen LogP contribution in [0.1, 0.15) is 25.3 Å². The average Bonchev–Trinajstić information content (AvgIpc) is 2.81. The van der Waals surface area contributed by atoms with Gasteiger partial charge in [0.15, 0.2) is 5.76 Å². The van der Waals surface area contributed by atoms with E-state index in [1.165, 1.54) is 12.1 Å². The van der Waals surface area contributed by atoms with E-state index in [0.29, 0.717) is 23.7 Å². The molecule has 0 atom stereocenters. The van der Waals surface area contributed by atoms with E-state index in [2.05, 4.69) is 10.5 Å². The van der Waals surface area contributed by atoms with Gasteiger partial charge in [-0.3, -0.25) is 10.1 Å². The number of ether oxygens (including phenoxy) is 1. The zero-order chi connectivity index (χ0) is 15.4. The minimum absolute atomic E-state index is 0.0237. The standard InChI is InChI=1S/C14H17N3O4/c1-9(2)20-13-6-11(5-12(7-13)17(18)19)15-8-14-4-10(3)16-21-14/h4-7,9,15H,8H2,1-3H3. The van der Waals surface area contributed by atoms with Crippen LogP contribution in [0.25, 0.3) is 0 Å². The Bertz CT molecular complexity index is 637. The summed E-state index contributed by atoms with van der Waals surface area (Å²) in [6.45, 7) is 5.95. The van der Waals surface area contributed by atoms with Crippen LogP contribution in [0.15, 0.2) is 28.8 Å². The van der Waals surface area contributed by atoms with Gasteiger partial charge in [-0.25, -0.2) is 0 Å². The van der Waals surface area contributed by atoms with Gasteiger partial charge in [0.25, 0.3) is 5.69 Å². The lowest BCUT2D eigenvalue weighted by molar-refractivity contribution is -0.384. The largest absolute Gasteiger partial charge is 0.491 e. The number of hydrogen-bond acceptors (Lipinski definition) is 6. The van der Waals surface area contributed by atoms with E-state index in [0.717, 1.165) is 5.69 Å². The van der Waals surface area contributed by atoms with Crippen molar-refractivity contribution in [3.05, 3.63) is 45.8 Å². The maximum atomic E-state index is 11.0. The van der Waals surface area contributed by atoms with Gasteiger partial charge < -0.3 is 14.6 Å². The lowest BCUT2D eigenvalue weighted by Crippen LogP contribution is -2.07. The molecule has 0 saturated heterocycles. The Labute approximate surface area is 122 Å². The molecule has 2 rings (SSSR count). The molecule has 0 fully saturated rings. The lowest BCUT2D eigenvalue weighted by atomic mass is 10.2. The SMILES string of the molecule is Cc1cc(CNc2cc(OC(C)C)cc([N+](=O)[O-])c2)on1. The van der Waals surface area contributed by atoms with Crippen LogP contribution in [0.5, 0.6) is 5.75 Å². The first-order chi connectivity index (χ1) is 9.94. The van der Waals surface area contributed by atoms with Crippen LogP contribution in [0, 0.1) is 17.0 Å². The van der Waals surface area contributed by atoms with Crippen molar-refractivity contribution in [2.24, 2.45) is 0 Å². The van der Waals surface area contributed by atoms with Crippen LogP contribution in [-0.2, 0) is 6.54 Å². The molecule has 1 aromatic heterocycles. The molecular weight excluding hydrogens is 274 g/mol. The van der Waals surface area contributed by atoms with Crippen LogP contribution >= 0.6 is 0 Å². The predicted molar refractivity (Wildman–Crippen MR) is 77.4 cm³/mol. The highest BCUT2D eigenvalue weighted by atomic mass is 16.6. The van der Waals surface area contributed by atoms with Crippen molar-refractivity contribution < 1.29 is 14.2 Å². The van der Waals surface area contributed by atoms with Gasteiger partial charge in [-0.2, -0.15) is 0 Å². The average molecular weight is 291 g/mol. The first-order valence-electron chi connectivity index (χ1n) is 6.56. The Morgan fingerprint density at radius 1 is 1.38 bits per heavy atom. The summed E-state index contributed by atoms with van der Waals surface area (Å²) in [4.78, 5) is 10.5. The number of nitro benzene ring substituents is 1. The molecule has 1 heterocycles. The normalized spacial score (nSPS) is 10.7. The summed E-state index contributed by atoms with van der Waals surface area (Å²) in [6.07, 6.45) is -0.0585. The van der Waals surface area contributed by atoms with Crippen molar-refractivity contribution in [3.8, 4) is 5.75 Å². The first-order valence-corrected chi connectivity index (χ1v) is 6.56. The third-order valence-corrected chi connectivity index (χ3v) is 2.62. The van der Waals surface area contributed by atoms with Crippen molar-refractivity contribution in [1.29, 1.82) is 0 Å². The summed E-state index contributed by atoms with van der Waals surface area (Å²) < 4.78 is 10.6. The fourth-order valence-electron chi connectivity index (χ4n) is 1.82. The van der Waals surface area contributed by atoms with Gasteiger partial charge in [-0.15, -0.1) is 0 Å². The molecule has 0 aliphatic carbocycles. The summed E-state index contributed by atoms with van der Waals surface area (Å²) in [5, 5.41) is 17.8. The lowest BCUT2D eigenvalue weighted by Gasteiger charge is -2.11. The zero-order valence-corrected chi connectivity index (χ0v) is 12.1. The summed E-state index contributed by atoms with van der Waals surface area (Å²) in [6, 6.07) is 6.38. The number of nitrogens with zero attached hydrogens (tertiary/aromatic N) is 2. The third-order valence-electron chi connectivity index (χ3n) is 2.62. The first kappa shape index (κ1) is 14.8. The highest BCUT2D eigenvalue weighted by Gasteiger charge is 2.12. The maximum Gasteiger partial charge on any atom is 0.275 e. The molecule has 7 nitrogen and oxygen atoms in total. The van der Waals surface area contributed by atoms with Gasteiger partial charge >= 0.3 is 0 Å². The van der Waals surface area contributed by atoms with Gasteiger partial charge in [0, 0.05) is 23.9 Å². The predicted octanol–water partition coefficient (Wildman–Crippen LogP) is 3.29. The number of nitrogens with one attached hydrogen (secondary N) is 1. The number of benzene rings is 1. The molecule has 7 heteroatoms. The van der Waals surface area contributed by atoms with E-state index in [1.807, 2.05) is 20.8 Å². The molecule has 0 aliphatic heterocycles. The number of hydrogen-bond donors (Lipinski definition) is 1. The smallest absolute Gasteiger partial charge is 0.275 e. The molecule has 112 valence electrons. The Hall–Kier alpha value is -2.57. The topological polar surface area (TPSA) is 90.4 Å². The highest BCUT2D eigenvalue weighted by Crippen LogP contribution is 2.27. The minimum Gasteiger partial charge on any atom is -0.491 e. The van der Waals surface area contributed by atoms with Crippen molar-refractivity contribution in [1.82, 2.24) is 5.16 Å². The molecule has 21 heavy (non-hydrogen) atoms. The zero-order valence-electron chi connectivity index (χ0n) is 12.1. The van der Waals surface area contributed by atoms with Crippen molar-refractivity contribution >= 4 is 11.4 Å². The van der Waals surface area contributed by atoms with E-state index >= 15 is 0 Å². The quantitative estimate of drug-likeness (QED) is 0.648. The van der Waals surface area contributed by atoms with Crippen LogP contribution in [0.4, 0.5) is 11.4 Å². The number of rotatable bonds is 6. The van der Waals surface area contributed by atoms with Gasteiger partial charge in [-0.1, -0.05) is 5.16 Å². The summed E-state index contributed by atoms with van der Waals surface area (Å²) in [5.74, 6) is 1.11. The third kappa shape index (κ3) is 4.20. The van der Waals surface area contributed by atoms with Gasteiger partial charge in [0.05, 0.1) is 29.3 Å². The Morgan fingerprint density at radius 2 is 2.14 bits per heavy atom. The van der Waals surface area contributed by atoms with Gasteiger partial charge in [-0.05, 0) is 20.8 Å². The fourth-order valence-corrected chi connectivity index (χ4v) is 1.82. The number of aromatic nitrogens is 1. The number of anilines is 1. The molecule has 1 N–H and O–H groups in total. The van der Waals surface area contributed by atoms with Crippen molar-refractivity contribution in [2.75, 3.05) is 5.32 Å². The second-order valence-corrected chi connectivity index (χ2v) is 4.93. The van der Waals surface area contributed by atoms with E-state index in [4.69, 9.17) is 9.26 Å². The Morgan fingerprint density at radius 3 is 2.71 bits per heavy atom. The molecule has 0 aliphatic rings. The van der Waals surface area contributed by atoms with Gasteiger partial charge in [0.2, 0.25) is 0 Å². The Kier molecular flexibility index (Phi) is 4.42. The molecule has 0 spiro atoms. The maximum absolute atomic E-state index is 11.0. The molecule has 0 radical (unpaired) electrons. The fraction of sp³-hybridized carbons (Fsp3) is 0.357. The summed E-state index contributed by atoms with van der Waals surface area (Å²) >= 11 is 0. The van der Waals surface area contributed by atoms with Crippen LogP contribution in [-0.4, -0.2) is 16.2 Å². The molecule has 0 saturated carbocycles. The summed E-state index contributed by atoms with van der Waals surface area (Å²) in [7, 11) is 0. The molecule has 0 amide bonds. The summed E-state index contributed by atoms with van der Waals surface area (Å²) in [5.41, 5.74) is 1.35. The molecular formula is C14H17N3O4. The minimum atomic E-state index is -0.447. The van der Waals surface area contributed by atoms with Gasteiger partial charge in [0.1, 0.15) is 5.75 Å². The van der Waals surface area contributed by atoms with Crippen LogP contribution in [0.3, 0.4) is 0 Å². The van der Waals surface area contributed by atoms with E-state index in [-0.39, 0.29) is 11.8 Å². The second kappa shape index (κ2) is 6.25. The number of non-ortho nitro benzene ring substituents is 1. The number of nitro groups is 1. The Balaban J connectivity index is 2.16. The van der Waals surface area contributed by atoms with Crippen molar-refractivity contribution in [2.45, 2.75) is 33.4 Å². The van der Waals surface area contributed by atoms with E-state index in [9.17, 15) is 10.1 Å². The van der Waals surface area contributed by atoms with Crippen LogP contribution < -0.4 is 10.1 Å². The molecule has 2 aromatic rings. The molecule has 0 unspecified atom stereocenters. The molecule has 0 bridgehead atoms. The second-order valence-electron chi connectivity index (χ2n) is 4.93. The highest BCUT2D eigenvalue weighted by molar-refractivity contribution is 5.56. The van der Waals surface area contributed by atoms with Crippen LogP contribution in [0.2, 0.25) is 0 Å². The number of aryl methyl sites for hydroxylation is 1. The van der Waals surface area contributed by atoms with E-state index in [1.54, 1.807) is 12.1 Å². The molecule has 1 aromatic carbocycles.